The van der Waals surface area contributed by atoms with Crippen LogP contribution in [0.5, 0.6) is 0 Å². The molecule has 0 saturated carbocycles. The summed E-state index contributed by atoms with van der Waals surface area (Å²) in [4.78, 5) is 18.7. The van der Waals surface area contributed by atoms with E-state index in [1.165, 1.54) is 0 Å². The van der Waals surface area contributed by atoms with Gasteiger partial charge in [0.25, 0.3) is 0 Å². The van der Waals surface area contributed by atoms with Gasteiger partial charge >= 0.3 is 0 Å². The lowest BCUT2D eigenvalue weighted by molar-refractivity contribution is -0.120. The SMILES string of the molecule is Cc1ncc(-c2ccc(NC(=O)C(C)N3CCSCC3)cc2)o1. The first kappa shape index (κ1) is 16.1. The van der Waals surface area contributed by atoms with Gasteiger partial charge in [-0.2, -0.15) is 11.8 Å². The van der Waals surface area contributed by atoms with E-state index in [4.69, 9.17) is 4.42 Å². The maximum absolute atomic E-state index is 12.4. The molecule has 0 radical (unpaired) electrons. The van der Waals surface area contributed by atoms with Gasteiger partial charge in [0.2, 0.25) is 5.91 Å². The number of anilines is 1. The van der Waals surface area contributed by atoms with Crippen molar-refractivity contribution in [2.75, 3.05) is 29.9 Å². The average Bonchev–Trinajstić information content (AvgIpc) is 3.02. The van der Waals surface area contributed by atoms with E-state index in [0.29, 0.717) is 5.89 Å². The molecule has 1 atom stereocenters. The minimum Gasteiger partial charge on any atom is -0.441 e. The second kappa shape index (κ2) is 7.19. The van der Waals surface area contributed by atoms with E-state index < -0.39 is 0 Å². The van der Waals surface area contributed by atoms with Crippen LogP contribution < -0.4 is 5.32 Å². The lowest BCUT2D eigenvalue weighted by atomic mass is 10.1. The Kier molecular flexibility index (Phi) is 5.03. The van der Waals surface area contributed by atoms with Gasteiger partial charge in [-0.25, -0.2) is 4.98 Å². The van der Waals surface area contributed by atoms with Crippen LogP contribution in [-0.4, -0.2) is 46.4 Å². The van der Waals surface area contributed by atoms with Gasteiger partial charge in [-0.1, -0.05) is 0 Å². The van der Waals surface area contributed by atoms with Gasteiger partial charge in [0.05, 0.1) is 12.2 Å². The van der Waals surface area contributed by atoms with Crippen LogP contribution in [-0.2, 0) is 4.79 Å². The summed E-state index contributed by atoms with van der Waals surface area (Å²) in [6, 6.07) is 7.54. The molecule has 2 aromatic rings. The molecule has 3 rings (SSSR count). The second-order valence-corrected chi connectivity index (χ2v) is 6.86. The van der Waals surface area contributed by atoms with Crippen molar-refractivity contribution < 1.29 is 9.21 Å². The normalized spacial score (nSPS) is 17.0. The number of nitrogens with zero attached hydrogens (tertiary/aromatic N) is 2. The molecule has 1 aliphatic heterocycles. The van der Waals surface area contributed by atoms with Gasteiger partial charge in [-0.05, 0) is 31.2 Å². The maximum atomic E-state index is 12.4. The second-order valence-electron chi connectivity index (χ2n) is 5.63. The van der Waals surface area contributed by atoms with Gasteiger partial charge in [0, 0.05) is 42.8 Å². The van der Waals surface area contributed by atoms with Crippen molar-refractivity contribution in [1.82, 2.24) is 9.88 Å². The average molecular weight is 331 g/mol. The number of carbonyl (C=O) groups is 1. The number of hydrogen-bond donors (Lipinski definition) is 1. The highest BCUT2D eigenvalue weighted by atomic mass is 32.2. The largest absolute Gasteiger partial charge is 0.441 e. The van der Waals surface area contributed by atoms with Crippen LogP contribution in [0, 0.1) is 6.92 Å². The smallest absolute Gasteiger partial charge is 0.241 e. The first-order chi connectivity index (χ1) is 11.1. The molecule has 1 aliphatic rings. The fraction of sp³-hybridized carbons (Fsp3) is 0.412. The van der Waals surface area contributed by atoms with E-state index in [0.717, 1.165) is 41.6 Å². The van der Waals surface area contributed by atoms with E-state index in [1.54, 1.807) is 6.20 Å². The molecule has 1 saturated heterocycles. The van der Waals surface area contributed by atoms with E-state index in [9.17, 15) is 4.79 Å². The third-order valence-corrected chi connectivity index (χ3v) is 4.97. The van der Waals surface area contributed by atoms with Crippen molar-refractivity contribution in [3.63, 3.8) is 0 Å². The number of oxazole rings is 1. The van der Waals surface area contributed by atoms with E-state index in [1.807, 2.05) is 49.9 Å². The summed E-state index contributed by atoms with van der Waals surface area (Å²) < 4.78 is 5.50. The van der Waals surface area contributed by atoms with E-state index in [-0.39, 0.29) is 11.9 Å². The highest BCUT2D eigenvalue weighted by Crippen LogP contribution is 2.22. The van der Waals surface area contributed by atoms with Crippen LogP contribution >= 0.6 is 11.8 Å². The molecule has 1 fully saturated rings. The lowest BCUT2D eigenvalue weighted by Gasteiger charge is -2.31. The summed E-state index contributed by atoms with van der Waals surface area (Å²) in [6.07, 6.45) is 1.71. The molecule has 0 aliphatic carbocycles. The summed E-state index contributed by atoms with van der Waals surface area (Å²) in [5.74, 6) is 3.62. The highest BCUT2D eigenvalue weighted by Gasteiger charge is 2.22. The molecular weight excluding hydrogens is 310 g/mol. The summed E-state index contributed by atoms with van der Waals surface area (Å²) in [7, 11) is 0. The molecule has 1 unspecified atom stereocenters. The molecule has 5 nitrogen and oxygen atoms in total. The Hall–Kier alpha value is -1.79. The Labute approximate surface area is 140 Å². The topological polar surface area (TPSA) is 58.4 Å². The molecule has 0 spiro atoms. The molecule has 122 valence electrons. The number of nitrogens with one attached hydrogen (secondary N) is 1. The van der Waals surface area contributed by atoms with Crippen molar-refractivity contribution in [2.24, 2.45) is 0 Å². The Morgan fingerprint density at radius 1 is 1.30 bits per heavy atom. The fourth-order valence-corrected chi connectivity index (χ4v) is 3.52. The van der Waals surface area contributed by atoms with Gasteiger partial charge < -0.3 is 9.73 Å². The van der Waals surface area contributed by atoms with E-state index in [2.05, 4.69) is 15.2 Å². The standard InChI is InChI=1S/C17H21N3O2S/c1-12(20-7-9-23-10-8-20)17(21)19-15-5-3-14(4-6-15)16-11-18-13(2)22-16/h3-6,11-12H,7-10H2,1-2H3,(H,19,21). The predicted molar refractivity (Wildman–Crippen MR) is 93.7 cm³/mol. The zero-order chi connectivity index (χ0) is 16.2. The molecular formula is C17H21N3O2S. The fourth-order valence-electron chi connectivity index (χ4n) is 2.59. The van der Waals surface area contributed by atoms with Crippen LogP contribution in [0.3, 0.4) is 0 Å². The number of benzene rings is 1. The molecule has 1 amide bonds. The Morgan fingerprint density at radius 3 is 2.61 bits per heavy atom. The Bertz CT molecular complexity index is 663. The zero-order valence-electron chi connectivity index (χ0n) is 13.4. The number of carbonyl (C=O) groups excluding carboxylic acids is 1. The molecule has 1 N–H and O–H groups in total. The zero-order valence-corrected chi connectivity index (χ0v) is 14.2. The van der Waals surface area contributed by atoms with Gasteiger partial charge in [0.1, 0.15) is 0 Å². The summed E-state index contributed by atoms with van der Waals surface area (Å²) in [6.45, 7) is 5.74. The van der Waals surface area contributed by atoms with Crippen molar-refractivity contribution in [3.8, 4) is 11.3 Å². The minimum absolute atomic E-state index is 0.0418. The van der Waals surface area contributed by atoms with Crippen LogP contribution in [0.2, 0.25) is 0 Å². The van der Waals surface area contributed by atoms with Crippen LogP contribution in [0.25, 0.3) is 11.3 Å². The number of aryl methyl sites for hydroxylation is 1. The number of aromatic nitrogens is 1. The third-order valence-electron chi connectivity index (χ3n) is 4.03. The maximum Gasteiger partial charge on any atom is 0.241 e. The molecule has 0 bridgehead atoms. The van der Waals surface area contributed by atoms with Crippen molar-refractivity contribution in [3.05, 3.63) is 36.4 Å². The first-order valence-electron chi connectivity index (χ1n) is 7.79. The molecule has 2 heterocycles. The highest BCUT2D eigenvalue weighted by molar-refractivity contribution is 7.99. The van der Waals surface area contributed by atoms with Gasteiger partial charge in [-0.3, -0.25) is 9.69 Å². The summed E-state index contributed by atoms with van der Waals surface area (Å²) in [5, 5.41) is 2.99. The quantitative estimate of drug-likeness (QED) is 0.933. The van der Waals surface area contributed by atoms with Crippen molar-refractivity contribution in [2.45, 2.75) is 19.9 Å². The van der Waals surface area contributed by atoms with Crippen molar-refractivity contribution in [1.29, 1.82) is 0 Å². The number of hydrogen-bond acceptors (Lipinski definition) is 5. The van der Waals surface area contributed by atoms with Crippen LogP contribution in [0.4, 0.5) is 5.69 Å². The van der Waals surface area contributed by atoms with Crippen LogP contribution in [0.1, 0.15) is 12.8 Å². The predicted octanol–water partition coefficient (Wildman–Crippen LogP) is 3.03. The molecule has 1 aromatic heterocycles. The summed E-state index contributed by atoms with van der Waals surface area (Å²) in [5.41, 5.74) is 1.75. The summed E-state index contributed by atoms with van der Waals surface area (Å²) >= 11 is 1.95. The van der Waals surface area contributed by atoms with Crippen LogP contribution in [0.15, 0.2) is 34.9 Å². The van der Waals surface area contributed by atoms with Gasteiger partial charge in [0.15, 0.2) is 11.7 Å². The Morgan fingerprint density at radius 2 is 2.00 bits per heavy atom. The molecule has 6 heteroatoms. The monoisotopic (exact) mass is 331 g/mol. The number of rotatable bonds is 4. The van der Waals surface area contributed by atoms with E-state index >= 15 is 0 Å². The lowest BCUT2D eigenvalue weighted by Crippen LogP contribution is -2.46. The third kappa shape index (κ3) is 3.95. The number of thioether (sulfide) groups is 1. The minimum atomic E-state index is -0.104. The molecule has 1 aromatic carbocycles. The van der Waals surface area contributed by atoms with Gasteiger partial charge in [-0.15, -0.1) is 0 Å². The number of amides is 1. The molecule has 23 heavy (non-hydrogen) atoms. The first-order valence-corrected chi connectivity index (χ1v) is 8.94. The Balaban J connectivity index is 1.62. The van der Waals surface area contributed by atoms with Crippen molar-refractivity contribution >= 4 is 23.4 Å².